The van der Waals surface area contributed by atoms with Gasteiger partial charge >= 0.3 is 0 Å². The molecule has 2 atom stereocenters. The second-order valence-corrected chi connectivity index (χ2v) is 6.86. The van der Waals surface area contributed by atoms with Crippen molar-refractivity contribution in [2.75, 3.05) is 11.5 Å². The van der Waals surface area contributed by atoms with E-state index < -0.39 is 9.84 Å². The quantitative estimate of drug-likeness (QED) is 0.883. The Bertz CT molecular complexity index is 459. The van der Waals surface area contributed by atoms with Gasteiger partial charge in [-0.05, 0) is 31.4 Å². The highest BCUT2D eigenvalue weighted by atomic mass is 32.2. The highest BCUT2D eigenvalue weighted by molar-refractivity contribution is 7.91. The van der Waals surface area contributed by atoms with E-state index >= 15 is 0 Å². The average molecular weight is 254 g/mol. The van der Waals surface area contributed by atoms with Crippen LogP contribution in [0.2, 0.25) is 0 Å². The van der Waals surface area contributed by atoms with Crippen molar-refractivity contribution in [3.63, 3.8) is 0 Å². The van der Waals surface area contributed by atoms with E-state index in [1.54, 1.807) is 6.20 Å². The Balaban J connectivity index is 1.97. The SMILES string of the molecule is C[C@@H](NC1CCCS(=O)(=O)C1)c1cccnc1. The first-order valence-corrected chi connectivity index (χ1v) is 7.75. The summed E-state index contributed by atoms with van der Waals surface area (Å²) in [5.41, 5.74) is 1.09. The molecule has 5 heteroatoms. The zero-order valence-corrected chi connectivity index (χ0v) is 10.8. The van der Waals surface area contributed by atoms with Crippen LogP contribution in [-0.2, 0) is 9.84 Å². The predicted molar refractivity (Wildman–Crippen MR) is 67.5 cm³/mol. The monoisotopic (exact) mass is 254 g/mol. The van der Waals surface area contributed by atoms with Crippen LogP contribution in [0.25, 0.3) is 0 Å². The molecule has 17 heavy (non-hydrogen) atoms. The molecule has 2 rings (SSSR count). The first-order chi connectivity index (χ1) is 8.07. The van der Waals surface area contributed by atoms with Crippen LogP contribution < -0.4 is 5.32 Å². The molecule has 0 spiro atoms. The Morgan fingerprint density at radius 3 is 3.00 bits per heavy atom. The van der Waals surface area contributed by atoms with Crippen molar-refractivity contribution in [2.45, 2.75) is 31.8 Å². The number of nitrogens with zero attached hydrogens (tertiary/aromatic N) is 1. The number of rotatable bonds is 3. The zero-order chi connectivity index (χ0) is 12.3. The first kappa shape index (κ1) is 12.5. The lowest BCUT2D eigenvalue weighted by atomic mass is 10.1. The molecule has 0 aliphatic carbocycles. The summed E-state index contributed by atoms with van der Waals surface area (Å²) in [5.74, 6) is 0.601. The van der Waals surface area contributed by atoms with Crippen LogP contribution in [0, 0.1) is 0 Å². The van der Waals surface area contributed by atoms with Crippen molar-refractivity contribution < 1.29 is 8.42 Å². The molecule has 1 aromatic heterocycles. The van der Waals surface area contributed by atoms with Gasteiger partial charge in [0.1, 0.15) is 0 Å². The third kappa shape index (κ3) is 3.51. The van der Waals surface area contributed by atoms with Gasteiger partial charge in [0.15, 0.2) is 9.84 Å². The van der Waals surface area contributed by atoms with Gasteiger partial charge in [0.2, 0.25) is 0 Å². The lowest BCUT2D eigenvalue weighted by molar-refractivity contribution is 0.437. The Morgan fingerprint density at radius 2 is 2.35 bits per heavy atom. The molecule has 1 saturated heterocycles. The van der Waals surface area contributed by atoms with Gasteiger partial charge in [-0.2, -0.15) is 0 Å². The normalized spacial score (nSPS) is 25.4. The number of pyridine rings is 1. The van der Waals surface area contributed by atoms with Crippen LogP contribution in [0.4, 0.5) is 0 Å². The van der Waals surface area contributed by atoms with Gasteiger partial charge in [0.05, 0.1) is 11.5 Å². The Hall–Kier alpha value is -0.940. The molecule has 4 nitrogen and oxygen atoms in total. The second kappa shape index (κ2) is 5.14. The van der Waals surface area contributed by atoms with Crippen LogP contribution >= 0.6 is 0 Å². The van der Waals surface area contributed by atoms with E-state index in [4.69, 9.17) is 0 Å². The van der Waals surface area contributed by atoms with Crippen molar-refractivity contribution in [3.8, 4) is 0 Å². The van der Waals surface area contributed by atoms with Crippen molar-refractivity contribution in [2.24, 2.45) is 0 Å². The minimum atomic E-state index is -2.84. The van der Waals surface area contributed by atoms with Gasteiger partial charge in [-0.3, -0.25) is 4.98 Å². The summed E-state index contributed by atoms with van der Waals surface area (Å²) in [6.45, 7) is 2.04. The number of sulfone groups is 1. The third-order valence-electron chi connectivity index (χ3n) is 3.13. The second-order valence-electron chi connectivity index (χ2n) is 4.63. The van der Waals surface area contributed by atoms with Gasteiger partial charge in [0.25, 0.3) is 0 Å². The smallest absolute Gasteiger partial charge is 0.151 e. The molecule has 0 bridgehead atoms. The third-order valence-corrected chi connectivity index (χ3v) is 4.95. The Kier molecular flexibility index (Phi) is 3.79. The van der Waals surface area contributed by atoms with E-state index in [9.17, 15) is 8.42 Å². The molecule has 0 saturated carbocycles. The molecule has 0 radical (unpaired) electrons. The number of hydrogen-bond acceptors (Lipinski definition) is 4. The molecule has 1 aliphatic heterocycles. The maximum absolute atomic E-state index is 11.5. The maximum Gasteiger partial charge on any atom is 0.151 e. The fraction of sp³-hybridized carbons (Fsp3) is 0.583. The summed E-state index contributed by atoms with van der Waals surface area (Å²) in [6.07, 6.45) is 5.25. The molecule has 1 aromatic rings. The Morgan fingerprint density at radius 1 is 1.53 bits per heavy atom. The maximum atomic E-state index is 11.5. The molecule has 0 amide bonds. The van der Waals surface area contributed by atoms with Crippen LogP contribution in [0.1, 0.15) is 31.4 Å². The summed E-state index contributed by atoms with van der Waals surface area (Å²) in [4.78, 5) is 4.07. The van der Waals surface area contributed by atoms with Gasteiger partial charge < -0.3 is 5.32 Å². The topological polar surface area (TPSA) is 59.1 Å². The van der Waals surface area contributed by atoms with E-state index in [0.717, 1.165) is 18.4 Å². The highest BCUT2D eigenvalue weighted by Crippen LogP contribution is 2.17. The van der Waals surface area contributed by atoms with Crippen LogP contribution in [0.15, 0.2) is 24.5 Å². The standard InChI is InChI=1S/C12H18N2O2S/c1-10(11-4-2-6-13-8-11)14-12-5-3-7-17(15,16)9-12/h2,4,6,8,10,12,14H,3,5,7,9H2,1H3/t10-,12?/m1/s1. The van der Waals surface area contributed by atoms with E-state index in [0.29, 0.717) is 5.75 Å². The van der Waals surface area contributed by atoms with Gasteiger partial charge in [0, 0.05) is 24.5 Å². The summed E-state index contributed by atoms with van der Waals surface area (Å²) < 4.78 is 23.1. The lowest BCUT2D eigenvalue weighted by Crippen LogP contribution is -2.41. The molecule has 2 heterocycles. The first-order valence-electron chi connectivity index (χ1n) is 5.93. The van der Waals surface area contributed by atoms with Gasteiger partial charge in [-0.25, -0.2) is 8.42 Å². The van der Waals surface area contributed by atoms with Crippen LogP contribution in [0.3, 0.4) is 0 Å². The molecular formula is C12H18N2O2S. The lowest BCUT2D eigenvalue weighted by Gasteiger charge is -2.26. The summed E-state index contributed by atoms with van der Waals surface area (Å²) >= 11 is 0. The predicted octanol–water partition coefficient (Wildman–Crippen LogP) is 1.31. The zero-order valence-electron chi connectivity index (χ0n) is 9.96. The van der Waals surface area contributed by atoms with Crippen LogP contribution in [0.5, 0.6) is 0 Å². The van der Waals surface area contributed by atoms with Crippen molar-refractivity contribution in [1.29, 1.82) is 0 Å². The van der Waals surface area contributed by atoms with E-state index in [1.807, 2.05) is 25.3 Å². The van der Waals surface area contributed by atoms with E-state index in [2.05, 4.69) is 10.3 Å². The highest BCUT2D eigenvalue weighted by Gasteiger charge is 2.25. The minimum absolute atomic E-state index is 0.0731. The van der Waals surface area contributed by atoms with Crippen molar-refractivity contribution >= 4 is 9.84 Å². The molecule has 1 N–H and O–H groups in total. The summed E-state index contributed by atoms with van der Waals surface area (Å²) in [5, 5.41) is 3.37. The van der Waals surface area contributed by atoms with Crippen molar-refractivity contribution in [1.82, 2.24) is 10.3 Å². The van der Waals surface area contributed by atoms with Gasteiger partial charge in [-0.15, -0.1) is 0 Å². The molecular weight excluding hydrogens is 236 g/mol. The van der Waals surface area contributed by atoms with Gasteiger partial charge in [-0.1, -0.05) is 6.07 Å². The number of aromatic nitrogens is 1. The molecule has 1 unspecified atom stereocenters. The summed E-state index contributed by atoms with van der Waals surface area (Å²) in [6, 6.07) is 4.11. The minimum Gasteiger partial charge on any atom is -0.306 e. The largest absolute Gasteiger partial charge is 0.306 e. The van der Waals surface area contributed by atoms with E-state index in [1.165, 1.54) is 0 Å². The molecule has 94 valence electrons. The van der Waals surface area contributed by atoms with Crippen LogP contribution in [-0.4, -0.2) is 30.9 Å². The number of hydrogen-bond donors (Lipinski definition) is 1. The molecule has 1 fully saturated rings. The fourth-order valence-corrected chi connectivity index (χ4v) is 3.89. The van der Waals surface area contributed by atoms with E-state index in [-0.39, 0.29) is 17.8 Å². The Labute approximate surface area is 102 Å². The molecule has 1 aliphatic rings. The number of nitrogens with one attached hydrogen (secondary N) is 1. The summed E-state index contributed by atoms with van der Waals surface area (Å²) in [7, 11) is -2.84. The average Bonchev–Trinajstić information content (AvgIpc) is 2.29. The van der Waals surface area contributed by atoms with Crippen molar-refractivity contribution in [3.05, 3.63) is 30.1 Å². The molecule has 0 aromatic carbocycles. The fourth-order valence-electron chi connectivity index (χ4n) is 2.24.